The highest BCUT2D eigenvalue weighted by atomic mass is 19.1. The molecule has 20 heavy (non-hydrogen) atoms. The molecule has 2 aromatic rings. The molecule has 4 nitrogen and oxygen atoms in total. The van der Waals surface area contributed by atoms with E-state index in [1.54, 1.807) is 6.07 Å². The lowest BCUT2D eigenvalue weighted by atomic mass is 10.1. The fourth-order valence-corrected chi connectivity index (χ4v) is 1.63. The highest BCUT2D eigenvalue weighted by molar-refractivity contribution is 5.89. The van der Waals surface area contributed by atoms with Gasteiger partial charge in [-0.2, -0.15) is 5.26 Å². The van der Waals surface area contributed by atoms with Crippen LogP contribution in [0.4, 0.5) is 20.2 Å². The molecule has 2 aromatic carbocycles. The summed E-state index contributed by atoms with van der Waals surface area (Å²) in [7, 11) is 0. The van der Waals surface area contributed by atoms with E-state index in [9.17, 15) is 13.6 Å². The van der Waals surface area contributed by atoms with E-state index in [2.05, 4.69) is 5.32 Å². The van der Waals surface area contributed by atoms with Crippen LogP contribution in [0.25, 0.3) is 0 Å². The molecule has 0 aliphatic heterocycles. The highest BCUT2D eigenvalue weighted by Crippen LogP contribution is 2.25. The number of nitriles is 1. The summed E-state index contributed by atoms with van der Waals surface area (Å²) in [5.74, 6) is -3.00. The molecule has 2 N–H and O–H groups in total. The minimum Gasteiger partial charge on any atom is -0.478 e. The predicted molar refractivity (Wildman–Crippen MR) is 67.8 cm³/mol. The molecule has 2 rings (SSSR count). The van der Waals surface area contributed by atoms with E-state index in [4.69, 9.17) is 10.4 Å². The second-order valence-corrected chi connectivity index (χ2v) is 3.94. The van der Waals surface area contributed by atoms with Gasteiger partial charge in [0.25, 0.3) is 0 Å². The molecule has 100 valence electrons. The maximum atomic E-state index is 13.7. The first-order valence-corrected chi connectivity index (χ1v) is 5.51. The first-order valence-electron chi connectivity index (χ1n) is 5.51. The van der Waals surface area contributed by atoms with E-state index in [0.717, 1.165) is 12.1 Å². The van der Waals surface area contributed by atoms with E-state index in [1.165, 1.54) is 24.3 Å². The zero-order valence-electron chi connectivity index (χ0n) is 10.0. The van der Waals surface area contributed by atoms with Gasteiger partial charge in [0.2, 0.25) is 0 Å². The molecule has 0 radical (unpaired) electrons. The van der Waals surface area contributed by atoms with Crippen molar-refractivity contribution in [3.05, 3.63) is 59.2 Å². The van der Waals surface area contributed by atoms with Gasteiger partial charge in [-0.05, 0) is 30.3 Å². The van der Waals surface area contributed by atoms with Crippen LogP contribution in [0.5, 0.6) is 0 Å². The number of aromatic carboxylic acids is 1. The van der Waals surface area contributed by atoms with Crippen molar-refractivity contribution in [2.45, 2.75) is 0 Å². The summed E-state index contributed by atoms with van der Waals surface area (Å²) in [6, 6.07) is 8.96. The minimum absolute atomic E-state index is 0.00976. The molecule has 0 bridgehead atoms. The largest absolute Gasteiger partial charge is 0.478 e. The van der Waals surface area contributed by atoms with Crippen molar-refractivity contribution in [1.29, 1.82) is 5.26 Å². The Hall–Kier alpha value is -2.94. The van der Waals surface area contributed by atoms with Gasteiger partial charge >= 0.3 is 5.97 Å². The van der Waals surface area contributed by atoms with Gasteiger partial charge in [-0.1, -0.05) is 6.07 Å². The molecule has 0 fully saturated rings. The van der Waals surface area contributed by atoms with Gasteiger partial charge in [0.15, 0.2) is 11.6 Å². The Labute approximate surface area is 112 Å². The standard InChI is InChI=1S/C14H8F2N2O2/c15-11-4-8(7-17)5-12(16)13(11)18-10-3-1-2-9(6-10)14(19)20/h1-6,18H,(H,19,20). The van der Waals surface area contributed by atoms with Crippen LogP contribution in [0.1, 0.15) is 15.9 Å². The maximum Gasteiger partial charge on any atom is 0.335 e. The summed E-state index contributed by atoms with van der Waals surface area (Å²) < 4.78 is 27.3. The summed E-state index contributed by atoms with van der Waals surface area (Å²) in [5.41, 5.74) is -0.353. The Morgan fingerprint density at radius 1 is 1.20 bits per heavy atom. The van der Waals surface area contributed by atoms with Gasteiger partial charge in [-0.3, -0.25) is 0 Å². The van der Waals surface area contributed by atoms with Crippen LogP contribution < -0.4 is 5.32 Å². The number of carboxylic acid groups (broad SMARTS) is 1. The lowest BCUT2D eigenvalue weighted by molar-refractivity contribution is 0.0697. The van der Waals surface area contributed by atoms with Crippen molar-refractivity contribution >= 4 is 17.3 Å². The first kappa shape index (κ1) is 13.5. The fourth-order valence-electron chi connectivity index (χ4n) is 1.63. The molecule has 6 heteroatoms. The number of rotatable bonds is 3. The molecule has 0 heterocycles. The molecule has 0 aliphatic carbocycles. The van der Waals surface area contributed by atoms with Crippen molar-refractivity contribution in [1.82, 2.24) is 0 Å². The second kappa shape index (κ2) is 5.36. The van der Waals surface area contributed by atoms with Crippen LogP contribution in [0, 0.1) is 23.0 Å². The lowest BCUT2D eigenvalue weighted by Gasteiger charge is -2.09. The van der Waals surface area contributed by atoms with E-state index < -0.39 is 23.3 Å². The number of anilines is 2. The fraction of sp³-hybridized carbons (Fsp3) is 0. The number of hydrogen-bond donors (Lipinski definition) is 2. The third kappa shape index (κ3) is 2.72. The van der Waals surface area contributed by atoms with Gasteiger partial charge in [0.05, 0.1) is 17.2 Å². The van der Waals surface area contributed by atoms with Gasteiger partial charge < -0.3 is 10.4 Å². The van der Waals surface area contributed by atoms with Crippen LogP contribution >= 0.6 is 0 Å². The number of nitrogens with zero attached hydrogens (tertiary/aromatic N) is 1. The van der Waals surface area contributed by atoms with Crippen LogP contribution in [0.3, 0.4) is 0 Å². The van der Waals surface area contributed by atoms with Crippen LogP contribution in [0.15, 0.2) is 36.4 Å². The Morgan fingerprint density at radius 3 is 2.40 bits per heavy atom. The molecule has 0 saturated carbocycles. The Kier molecular flexibility index (Phi) is 3.62. The van der Waals surface area contributed by atoms with E-state index in [-0.39, 0.29) is 16.8 Å². The molecule has 0 unspecified atom stereocenters. The number of carboxylic acids is 1. The number of hydrogen-bond acceptors (Lipinski definition) is 3. The summed E-state index contributed by atoms with van der Waals surface area (Å²) in [6.45, 7) is 0. The average Bonchev–Trinajstić information content (AvgIpc) is 2.42. The molecule has 0 saturated heterocycles. The first-order chi connectivity index (χ1) is 9.51. The zero-order chi connectivity index (χ0) is 14.7. The summed E-state index contributed by atoms with van der Waals surface area (Å²) in [4.78, 5) is 10.8. The summed E-state index contributed by atoms with van der Waals surface area (Å²) >= 11 is 0. The summed E-state index contributed by atoms with van der Waals surface area (Å²) in [5, 5.41) is 19.9. The summed E-state index contributed by atoms with van der Waals surface area (Å²) in [6.07, 6.45) is 0. The van der Waals surface area contributed by atoms with Crippen molar-refractivity contribution in [3.63, 3.8) is 0 Å². The lowest BCUT2D eigenvalue weighted by Crippen LogP contribution is -2.01. The predicted octanol–water partition coefficient (Wildman–Crippen LogP) is 3.28. The quantitative estimate of drug-likeness (QED) is 0.900. The Morgan fingerprint density at radius 2 is 1.85 bits per heavy atom. The molecule has 0 aliphatic rings. The van der Waals surface area contributed by atoms with Gasteiger partial charge in [0.1, 0.15) is 5.69 Å². The molecule has 0 spiro atoms. The van der Waals surface area contributed by atoms with Crippen LogP contribution in [-0.4, -0.2) is 11.1 Å². The smallest absolute Gasteiger partial charge is 0.335 e. The van der Waals surface area contributed by atoms with Crippen molar-refractivity contribution < 1.29 is 18.7 Å². The molecular formula is C14H8F2N2O2. The van der Waals surface area contributed by atoms with Crippen LogP contribution in [0.2, 0.25) is 0 Å². The topological polar surface area (TPSA) is 73.1 Å². The second-order valence-electron chi connectivity index (χ2n) is 3.94. The third-order valence-electron chi connectivity index (χ3n) is 2.55. The minimum atomic E-state index is -1.14. The molecule has 0 atom stereocenters. The molecular weight excluding hydrogens is 266 g/mol. The molecule has 0 amide bonds. The van der Waals surface area contributed by atoms with Gasteiger partial charge in [0, 0.05) is 5.69 Å². The third-order valence-corrected chi connectivity index (χ3v) is 2.55. The van der Waals surface area contributed by atoms with Crippen molar-refractivity contribution in [2.24, 2.45) is 0 Å². The monoisotopic (exact) mass is 274 g/mol. The van der Waals surface area contributed by atoms with E-state index in [0.29, 0.717) is 0 Å². The van der Waals surface area contributed by atoms with Crippen molar-refractivity contribution in [3.8, 4) is 6.07 Å². The average molecular weight is 274 g/mol. The van der Waals surface area contributed by atoms with Gasteiger partial charge in [-0.25, -0.2) is 13.6 Å². The maximum absolute atomic E-state index is 13.7. The Balaban J connectivity index is 2.38. The Bertz CT molecular complexity index is 700. The SMILES string of the molecule is N#Cc1cc(F)c(Nc2cccc(C(=O)O)c2)c(F)c1. The van der Waals surface area contributed by atoms with Crippen molar-refractivity contribution in [2.75, 3.05) is 5.32 Å². The molecule has 0 aromatic heterocycles. The number of nitrogens with one attached hydrogen (secondary N) is 1. The van der Waals surface area contributed by atoms with E-state index >= 15 is 0 Å². The van der Waals surface area contributed by atoms with Gasteiger partial charge in [-0.15, -0.1) is 0 Å². The normalized spacial score (nSPS) is 9.85. The highest BCUT2D eigenvalue weighted by Gasteiger charge is 2.12. The van der Waals surface area contributed by atoms with E-state index in [1.807, 2.05) is 0 Å². The number of halogens is 2. The zero-order valence-corrected chi connectivity index (χ0v) is 10.0. The van der Waals surface area contributed by atoms with Crippen LogP contribution in [-0.2, 0) is 0 Å². The number of carbonyl (C=O) groups is 1. The number of benzene rings is 2.